The van der Waals surface area contributed by atoms with E-state index in [1.165, 1.54) is 4.90 Å². The van der Waals surface area contributed by atoms with Crippen molar-refractivity contribution in [1.29, 1.82) is 5.26 Å². The van der Waals surface area contributed by atoms with E-state index in [1.807, 2.05) is 13.0 Å². The number of anilines is 1. The highest BCUT2D eigenvalue weighted by Gasteiger charge is 2.09. The summed E-state index contributed by atoms with van der Waals surface area (Å²) in [6, 6.07) is 7.20. The molecule has 4 heteroatoms. The van der Waals surface area contributed by atoms with Gasteiger partial charge in [-0.05, 0) is 18.6 Å². The number of carbonyl (C=O) groups is 1. The largest absolute Gasteiger partial charge is 0.331 e. The minimum atomic E-state index is -0.239. The summed E-state index contributed by atoms with van der Waals surface area (Å²) in [5.74, 6) is 0. The van der Waals surface area contributed by atoms with Crippen LogP contribution in [0.1, 0.15) is 11.1 Å². The van der Waals surface area contributed by atoms with Gasteiger partial charge in [0.25, 0.3) is 0 Å². The normalized spacial score (nSPS) is 9.20. The number of amides is 2. The Kier molecular flexibility index (Phi) is 3.29. The van der Waals surface area contributed by atoms with Crippen LogP contribution in [0, 0.1) is 18.3 Å². The Balaban J connectivity index is 3.01. The number of carbonyl (C=O) groups excluding carboxylic acids is 1. The fraction of sp³-hybridized carbons (Fsp3) is 0.273. The smallest absolute Gasteiger partial charge is 0.321 e. The minimum Gasteiger partial charge on any atom is -0.331 e. The zero-order valence-electron chi connectivity index (χ0n) is 9.03. The molecule has 1 aromatic carbocycles. The zero-order chi connectivity index (χ0) is 11.4. The number of rotatable bonds is 1. The van der Waals surface area contributed by atoms with Crippen LogP contribution in [-0.4, -0.2) is 25.0 Å². The van der Waals surface area contributed by atoms with Crippen molar-refractivity contribution in [2.75, 3.05) is 19.4 Å². The lowest BCUT2D eigenvalue weighted by Gasteiger charge is -2.13. The van der Waals surface area contributed by atoms with Gasteiger partial charge in [-0.15, -0.1) is 0 Å². The monoisotopic (exact) mass is 203 g/mol. The average molecular weight is 203 g/mol. The Morgan fingerprint density at radius 3 is 2.67 bits per heavy atom. The van der Waals surface area contributed by atoms with Crippen LogP contribution in [-0.2, 0) is 0 Å². The van der Waals surface area contributed by atoms with Crippen LogP contribution >= 0.6 is 0 Å². The molecule has 0 spiro atoms. The van der Waals surface area contributed by atoms with Gasteiger partial charge < -0.3 is 10.2 Å². The third-order valence-electron chi connectivity index (χ3n) is 2.03. The number of benzene rings is 1. The second-order valence-corrected chi connectivity index (χ2v) is 3.43. The minimum absolute atomic E-state index is 0.239. The van der Waals surface area contributed by atoms with Crippen molar-refractivity contribution in [1.82, 2.24) is 4.90 Å². The second-order valence-electron chi connectivity index (χ2n) is 3.43. The summed E-state index contributed by atoms with van der Waals surface area (Å²) in [5, 5.41) is 11.6. The quantitative estimate of drug-likeness (QED) is 0.758. The fourth-order valence-corrected chi connectivity index (χ4v) is 1.15. The molecule has 0 heterocycles. The summed E-state index contributed by atoms with van der Waals surface area (Å²) in [4.78, 5) is 12.8. The first kappa shape index (κ1) is 11.1. The van der Waals surface area contributed by atoms with Crippen molar-refractivity contribution in [2.45, 2.75) is 6.92 Å². The molecule has 0 aromatic heterocycles. The van der Waals surface area contributed by atoms with E-state index in [0.717, 1.165) is 5.56 Å². The predicted molar refractivity (Wildman–Crippen MR) is 58.6 cm³/mol. The first-order valence-electron chi connectivity index (χ1n) is 4.54. The maximum absolute atomic E-state index is 11.4. The highest BCUT2D eigenvalue weighted by molar-refractivity contribution is 5.90. The first-order valence-corrected chi connectivity index (χ1v) is 4.54. The lowest BCUT2D eigenvalue weighted by molar-refractivity contribution is 0.230. The summed E-state index contributed by atoms with van der Waals surface area (Å²) in [7, 11) is 3.30. The van der Waals surface area contributed by atoms with Crippen molar-refractivity contribution in [3.63, 3.8) is 0 Å². The van der Waals surface area contributed by atoms with E-state index < -0.39 is 0 Å². The Bertz CT molecular complexity index is 418. The molecule has 15 heavy (non-hydrogen) atoms. The first-order chi connectivity index (χ1) is 7.06. The van der Waals surface area contributed by atoms with Crippen molar-refractivity contribution in [3.8, 4) is 6.07 Å². The summed E-state index contributed by atoms with van der Waals surface area (Å²) >= 11 is 0. The molecule has 0 atom stereocenters. The number of hydrogen-bond donors (Lipinski definition) is 1. The van der Waals surface area contributed by atoms with Gasteiger partial charge in [-0.25, -0.2) is 4.79 Å². The SMILES string of the molecule is Cc1cccc(NC(=O)N(C)C)c1C#N. The van der Waals surface area contributed by atoms with Gasteiger partial charge in [0.15, 0.2) is 0 Å². The van der Waals surface area contributed by atoms with Crippen LogP contribution in [0.2, 0.25) is 0 Å². The molecule has 0 aliphatic rings. The van der Waals surface area contributed by atoms with Gasteiger partial charge in [0.05, 0.1) is 11.3 Å². The summed E-state index contributed by atoms with van der Waals surface area (Å²) in [6.07, 6.45) is 0. The maximum Gasteiger partial charge on any atom is 0.321 e. The zero-order valence-corrected chi connectivity index (χ0v) is 9.03. The van der Waals surface area contributed by atoms with Crippen LogP contribution in [0.15, 0.2) is 18.2 Å². The molecule has 0 fully saturated rings. The molecule has 0 saturated carbocycles. The molecular formula is C11H13N3O. The molecule has 0 bridgehead atoms. The molecule has 4 nitrogen and oxygen atoms in total. The Morgan fingerprint density at radius 2 is 2.13 bits per heavy atom. The van der Waals surface area contributed by atoms with Gasteiger partial charge in [0, 0.05) is 14.1 Å². The van der Waals surface area contributed by atoms with Crippen molar-refractivity contribution in [2.24, 2.45) is 0 Å². The lowest BCUT2D eigenvalue weighted by Crippen LogP contribution is -2.27. The molecule has 0 aliphatic heterocycles. The number of nitrogens with zero attached hydrogens (tertiary/aromatic N) is 2. The third kappa shape index (κ3) is 2.47. The van der Waals surface area contributed by atoms with Crippen LogP contribution in [0.5, 0.6) is 0 Å². The molecule has 0 unspecified atom stereocenters. The van der Waals surface area contributed by atoms with Crippen molar-refractivity contribution in [3.05, 3.63) is 29.3 Å². The fourth-order valence-electron chi connectivity index (χ4n) is 1.15. The van der Waals surface area contributed by atoms with E-state index in [2.05, 4.69) is 11.4 Å². The highest BCUT2D eigenvalue weighted by atomic mass is 16.2. The molecule has 1 rings (SSSR count). The molecule has 0 aliphatic carbocycles. The van der Waals surface area contributed by atoms with Gasteiger partial charge in [-0.3, -0.25) is 0 Å². The summed E-state index contributed by atoms with van der Waals surface area (Å²) < 4.78 is 0. The Labute approximate surface area is 89.1 Å². The topological polar surface area (TPSA) is 56.1 Å². The van der Waals surface area contributed by atoms with Crippen LogP contribution in [0.3, 0.4) is 0 Å². The van der Waals surface area contributed by atoms with E-state index in [9.17, 15) is 4.79 Å². The maximum atomic E-state index is 11.4. The van der Waals surface area contributed by atoms with Crippen LogP contribution in [0.4, 0.5) is 10.5 Å². The van der Waals surface area contributed by atoms with Crippen LogP contribution in [0.25, 0.3) is 0 Å². The van der Waals surface area contributed by atoms with Gasteiger partial charge in [0.2, 0.25) is 0 Å². The lowest BCUT2D eigenvalue weighted by atomic mass is 10.1. The van der Waals surface area contributed by atoms with Gasteiger partial charge in [-0.1, -0.05) is 12.1 Å². The van der Waals surface area contributed by atoms with Crippen molar-refractivity contribution >= 4 is 11.7 Å². The molecule has 78 valence electrons. The molecule has 0 radical (unpaired) electrons. The van der Waals surface area contributed by atoms with E-state index >= 15 is 0 Å². The molecular weight excluding hydrogens is 190 g/mol. The van der Waals surface area contributed by atoms with Gasteiger partial charge in [0.1, 0.15) is 6.07 Å². The standard InChI is InChI=1S/C11H13N3O/c1-8-5-4-6-10(9(8)7-12)13-11(15)14(2)3/h4-6H,1-3H3,(H,13,15). The van der Waals surface area contributed by atoms with E-state index in [4.69, 9.17) is 5.26 Å². The van der Waals surface area contributed by atoms with E-state index in [-0.39, 0.29) is 6.03 Å². The van der Waals surface area contributed by atoms with E-state index in [0.29, 0.717) is 11.3 Å². The molecule has 1 aromatic rings. The predicted octanol–water partition coefficient (Wildman–Crippen LogP) is 1.96. The van der Waals surface area contributed by atoms with Gasteiger partial charge in [-0.2, -0.15) is 5.26 Å². The number of hydrogen-bond acceptors (Lipinski definition) is 2. The average Bonchev–Trinajstić information content (AvgIpc) is 2.18. The van der Waals surface area contributed by atoms with Crippen LogP contribution < -0.4 is 5.32 Å². The van der Waals surface area contributed by atoms with E-state index in [1.54, 1.807) is 26.2 Å². The number of nitrogens with one attached hydrogen (secondary N) is 1. The molecule has 0 saturated heterocycles. The second kappa shape index (κ2) is 4.47. The molecule has 1 N–H and O–H groups in total. The van der Waals surface area contributed by atoms with Crippen molar-refractivity contribution < 1.29 is 4.79 Å². The number of urea groups is 1. The summed E-state index contributed by atoms with van der Waals surface area (Å²) in [5.41, 5.74) is 1.91. The third-order valence-corrected chi connectivity index (χ3v) is 2.03. The Morgan fingerprint density at radius 1 is 1.47 bits per heavy atom. The Hall–Kier alpha value is -2.02. The van der Waals surface area contributed by atoms with Gasteiger partial charge >= 0.3 is 6.03 Å². The number of aryl methyl sites for hydroxylation is 1. The molecule has 2 amide bonds. The number of nitriles is 1. The summed E-state index contributed by atoms with van der Waals surface area (Å²) in [6.45, 7) is 1.84. The highest BCUT2D eigenvalue weighted by Crippen LogP contribution is 2.18.